The van der Waals surface area contributed by atoms with E-state index in [2.05, 4.69) is 20.6 Å². The molecule has 0 atom stereocenters. The summed E-state index contributed by atoms with van der Waals surface area (Å²) in [6.45, 7) is 6.22. The van der Waals surface area contributed by atoms with Gasteiger partial charge in [-0.3, -0.25) is 0 Å². The van der Waals surface area contributed by atoms with Crippen molar-refractivity contribution in [2.75, 3.05) is 27.3 Å². The maximum atomic E-state index is 11.1. The lowest BCUT2D eigenvalue weighted by molar-refractivity contribution is -0.117. The summed E-state index contributed by atoms with van der Waals surface area (Å²) >= 11 is 0. The minimum atomic E-state index is 0.190. The summed E-state index contributed by atoms with van der Waals surface area (Å²) < 4.78 is 28.3. The number of ether oxygens (including phenoxy) is 4. The van der Waals surface area contributed by atoms with E-state index in [1.807, 2.05) is 24.3 Å². The molecular formula is C30H40N4O7. The standard InChI is InChI=1S/C30H40N4O7/c1-21(35)7-5-15-31-17-23-9-13-27(33-29(23)37-3)39-19-25-11-12-26(41-25)20-40-28-14-10-24(30(34-28)38-4)18-32-16-6-8-22(2)36/h9-14,31-32H,5-8,15-20H2,1-4H3. The van der Waals surface area contributed by atoms with Crippen molar-refractivity contribution in [3.63, 3.8) is 0 Å². The van der Waals surface area contributed by atoms with Gasteiger partial charge in [-0.15, -0.1) is 0 Å². The van der Waals surface area contributed by atoms with E-state index >= 15 is 0 Å². The maximum absolute atomic E-state index is 11.1. The molecule has 11 heteroatoms. The Morgan fingerprint density at radius 2 is 1.15 bits per heavy atom. The maximum Gasteiger partial charge on any atom is 0.220 e. The number of nitrogens with zero attached hydrogens (tertiary/aromatic N) is 2. The van der Waals surface area contributed by atoms with Crippen molar-refractivity contribution >= 4 is 11.6 Å². The van der Waals surface area contributed by atoms with E-state index in [-0.39, 0.29) is 24.8 Å². The molecule has 0 unspecified atom stereocenters. The zero-order valence-corrected chi connectivity index (χ0v) is 24.3. The number of carbonyl (C=O) groups excluding carboxylic acids is 2. The third kappa shape index (κ3) is 11.2. The summed E-state index contributed by atoms with van der Waals surface area (Å²) in [7, 11) is 3.13. The van der Waals surface area contributed by atoms with Crippen LogP contribution in [0.2, 0.25) is 0 Å². The normalized spacial score (nSPS) is 10.8. The highest BCUT2D eigenvalue weighted by atomic mass is 16.5. The average Bonchev–Trinajstić information content (AvgIpc) is 3.42. The highest BCUT2D eigenvalue weighted by molar-refractivity contribution is 5.75. The number of hydrogen-bond donors (Lipinski definition) is 2. The third-order valence-electron chi connectivity index (χ3n) is 6.05. The summed E-state index contributed by atoms with van der Waals surface area (Å²) in [5, 5.41) is 6.59. The Morgan fingerprint density at radius 1 is 0.707 bits per heavy atom. The lowest BCUT2D eigenvalue weighted by Gasteiger charge is -2.11. The van der Waals surface area contributed by atoms with Gasteiger partial charge in [0, 0.05) is 49.2 Å². The number of carbonyl (C=O) groups is 2. The molecule has 0 fully saturated rings. The zero-order chi connectivity index (χ0) is 29.5. The predicted molar refractivity (Wildman–Crippen MR) is 152 cm³/mol. The first kappa shape index (κ1) is 31.6. The van der Waals surface area contributed by atoms with Crippen LogP contribution < -0.4 is 29.6 Å². The summed E-state index contributed by atoms with van der Waals surface area (Å²) in [5.41, 5.74) is 1.80. The van der Waals surface area contributed by atoms with E-state index in [1.165, 1.54) is 0 Å². The topological polar surface area (TPSA) is 134 Å². The van der Waals surface area contributed by atoms with Crippen molar-refractivity contribution in [3.05, 3.63) is 59.0 Å². The molecule has 0 saturated carbocycles. The van der Waals surface area contributed by atoms with Gasteiger partial charge in [-0.1, -0.05) is 0 Å². The predicted octanol–water partition coefficient (Wildman–Crippen LogP) is 4.16. The zero-order valence-electron chi connectivity index (χ0n) is 24.3. The van der Waals surface area contributed by atoms with Gasteiger partial charge < -0.3 is 43.6 Å². The van der Waals surface area contributed by atoms with Crippen LogP contribution in [0.3, 0.4) is 0 Å². The molecule has 0 bridgehead atoms. The second-order valence-corrected chi connectivity index (χ2v) is 9.55. The fourth-order valence-electron chi connectivity index (χ4n) is 3.93. The Labute approximate surface area is 240 Å². The average molecular weight is 569 g/mol. The first-order valence-electron chi connectivity index (χ1n) is 13.7. The van der Waals surface area contributed by atoms with Crippen molar-refractivity contribution in [3.8, 4) is 23.5 Å². The first-order chi connectivity index (χ1) is 19.9. The Morgan fingerprint density at radius 3 is 1.54 bits per heavy atom. The van der Waals surface area contributed by atoms with Gasteiger partial charge in [-0.05, 0) is 64.0 Å². The molecule has 0 aliphatic rings. The van der Waals surface area contributed by atoms with Crippen molar-refractivity contribution in [1.29, 1.82) is 0 Å². The molecule has 41 heavy (non-hydrogen) atoms. The Bertz CT molecular complexity index is 1170. The number of aromatic nitrogens is 2. The lowest BCUT2D eigenvalue weighted by atomic mass is 10.2. The van der Waals surface area contributed by atoms with E-state index in [0.29, 0.717) is 61.0 Å². The van der Waals surface area contributed by atoms with Gasteiger partial charge in [0.1, 0.15) is 36.3 Å². The van der Waals surface area contributed by atoms with Crippen LogP contribution in [0.25, 0.3) is 0 Å². The second-order valence-electron chi connectivity index (χ2n) is 9.55. The van der Waals surface area contributed by atoms with Gasteiger partial charge in [-0.2, -0.15) is 9.97 Å². The molecule has 0 aliphatic heterocycles. The van der Waals surface area contributed by atoms with Crippen LogP contribution in [0.15, 0.2) is 40.8 Å². The van der Waals surface area contributed by atoms with Gasteiger partial charge in [0.15, 0.2) is 0 Å². The van der Waals surface area contributed by atoms with E-state index in [9.17, 15) is 9.59 Å². The largest absolute Gasteiger partial charge is 0.481 e. The van der Waals surface area contributed by atoms with Crippen LogP contribution in [-0.4, -0.2) is 48.8 Å². The van der Waals surface area contributed by atoms with Gasteiger partial charge in [0.05, 0.1) is 14.2 Å². The monoisotopic (exact) mass is 568 g/mol. The smallest absolute Gasteiger partial charge is 0.220 e. The van der Waals surface area contributed by atoms with Gasteiger partial charge >= 0.3 is 0 Å². The Balaban J connectivity index is 1.45. The number of ketones is 2. The van der Waals surface area contributed by atoms with Crippen LogP contribution in [0.4, 0.5) is 0 Å². The molecule has 0 spiro atoms. The first-order valence-corrected chi connectivity index (χ1v) is 13.7. The van der Waals surface area contributed by atoms with Gasteiger partial charge in [0.2, 0.25) is 23.5 Å². The van der Waals surface area contributed by atoms with E-state index in [0.717, 1.165) is 37.1 Å². The fourth-order valence-corrected chi connectivity index (χ4v) is 3.93. The molecule has 222 valence electrons. The highest BCUT2D eigenvalue weighted by Gasteiger charge is 2.11. The Hall–Kier alpha value is -3.96. The summed E-state index contributed by atoms with van der Waals surface area (Å²) in [6.07, 6.45) is 2.72. The molecule has 3 rings (SSSR count). The minimum absolute atomic E-state index is 0.190. The van der Waals surface area contributed by atoms with E-state index < -0.39 is 0 Å². The van der Waals surface area contributed by atoms with Gasteiger partial charge in [0.25, 0.3) is 0 Å². The van der Waals surface area contributed by atoms with Crippen LogP contribution in [0.5, 0.6) is 23.5 Å². The molecule has 2 N–H and O–H groups in total. The summed E-state index contributed by atoms with van der Waals surface area (Å²) in [4.78, 5) is 31.0. The lowest BCUT2D eigenvalue weighted by Crippen LogP contribution is -2.16. The third-order valence-corrected chi connectivity index (χ3v) is 6.05. The molecule has 11 nitrogen and oxygen atoms in total. The Kier molecular flexibility index (Phi) is 13.1. The van der Waals surface area contributed by atoms with Crippen LogP contribution in [0, 0.1) is 0 Å². The number of pyridine rings is 2. The number of Topliss-reactive ketones (excluding diaryl/α,β-unsaturated/α-hetero) is 2. The highest BCUT2D eigenvalue weighted by Crippen LogP contribution is 2.23. The van der Waals surface area contributed by atoms with Crippen LogP contribution in [0.1, 0.15) is 62.2 Å². The molecule has 0 saturated heterocycles. The van der Waals surface area contributed by atoms with Crippen molar-refractivity contribution in [2.24, 2.45) is 0 Å². The summed E-state index contributed by atoms with van der Waals surface area (Å²) in [5.74, 6) is 3.42. The van der Waals surface area contributed by atoms with E-state index in [1.54, 1.807) is 40.2 Å². The molecular weight excluding hydrogens is 528 g/mol. The quantitative estimate of drug-likeness (QED) is 0.190. The number of methoxy groups -OCH3 is 2. The molecule has 3 aromatic heterocycles. The second kappa shape index (κ2) is 17.0. The minimum Gasteiger partial charge on any atom is -0.481 e. The molecule has 0 aliphatic carbocycles. The fraction of sp³-hybridized carbons (Fsp3) is 0.467. The molecule has 3 heterocycles. The molecule has 0 aromatic carbocycles. The van der Waals surface area contributed by atoms with Crippen LogP contribution >= 0.6 is 0 Å². The SMILES string of the molecule is COc1nc(OCc2ccc(COc3ccc(CNCCCC(C)=O)c(OC)n3)o2)ccc1CNCCCC(C)=O. The van der Waals surface area contributed by atoms with Crippen molar-refractivity contribution < 1.29 is 33.0 Å². The number of hydrogen-bond acceptors (Lipinski definition) is 11. The van der Waals surface area contributed by atoms with Crippen LogP contribution in [-0.2, 0) is 35.9 Å². The summed E-state index contributed by atoms with van der Waals surface area (Å²) in [6, 6.07) is 11.0. The van der Waals surface area contributed by atoms with Gasteiger partial charge in [-0.25, -0.2) is 0 Å². The molecule has 3 aromatic rings. The number of rotatable bonds is 20. The molecule has 0 radical (unpaired) electrons. The number of nitrogens with one attached hydrogen (secondary N) is 2. The van der Waals surface area contributed by atoms with Crippen molar-refractivity contribution in [2.45, 2.75) is 65.8 Å². The van der Waals surface area contributed by atoms with E-state index in [4.69, 9.17) is 23.4 Å². The number of furan rings is 1. The molecule has 0 amide bonds. The van der Waals surface area contributed by atoms with Crippen molar-refractivity contribution in [1.82, 2.24) is 20.6 Å².